The number of fused-ring (bicyclic) bond motifs is 1. The molecule has 0 spiro atoms. The number of carbonyl (C=O) groups is 1. The molecule has 0 aromatic carbocycles. The summed E-state index contributed by atoms with van der Waals surface area (Å²) in [4.78, 5) is 26.9. The van der Waals surface area contributed by atoms with Gasteiger partial charge in [0.05, 0.1) is 23.2 Å². The van der Waals surface area contributed by atoms with Crippen LogP contribution in [0.2, 0.25) is 0 Å². The third kappa shape index (κ3) is 3.84. The zero-order valence-electron chi connectivity index (χ0n) is 16.3. The minimum Gasteiger partial charge on any atom is -0.370 e. The van der Waals surface area contributed by atoms with Gasteiger partial charge in [0.1, 0.15) is 17.4 Å². The Kier molecular flexibility index (Phi) is 5.16. The van der Waals surface area contributed by atoms with Gasteiger partial charge in [0.15, 0.2) is 0 Å². The van der Waals surface area contributed by atoms with Crippen molar-refractivity contribution in [2.45, 2.75) is 25.3 Å². The number of carbonyl (C=O) groups excluding carboxylic acids is 1. The average molecular weight is 409 g/mol. The van der Waals surface area contributed by atoms with Gasteiger partial charge < -0.3 is 14.5 Å². The van der Waals surface area contributed by atoms with Crippen LogP contribution in [-0.2, 0) is 9.53 Å². The molecule has 2 fully saturated rings. The van der Waals surface area contributed by atoms with Gasteiger partial charge in [0.25, 0.3) is 0 Å². The minimum atomic E-state index is -0.0401. The number of rotatable bonds is 3. The van der Waals surface area contributed by atoms with Crippen LogP contribution in [0.1, 0.15) is 29.8 Å². The maximum absolute atomic E-state index is 12.1. The Hall–Kier alpha value is -2.51. The molecular formula is C22H24N4O2S. The van der Waals surface area contributed by atoms with Crippen LogP contribution in [0.5, 0.6) is 0 Å². The Morgan fingerprint density at radius 2 is 1.93 bits per heavy atom. The van der Waals surface area contributed by atoms with Gasteiger partial charge in [-0.15, -0.1) is 11.3 Å². The molecule has 2 aromatic heterocycles. The Morgan fingerprint density at radius 1 is 1.07 bits per heavy atom. The summed E-state index contributed by atoms with van der Waals surface area (Å²) in [6, 6.07) is 4.19. The van der Waals surface area contributed by atoms with Gasteiger partial charge in [-0.1, -0.05) is 12.2 Å². The quantitative estimate of drug-likeness (QED) is 0.778. The van der Waals surface area contributed by atoms with Crippen molar-refractivity contribution in [1.82, 2.24) is 14.9 Å². The first kappa shape index (κ1) is 18.5. The van der Waals surface area contributed by atoms with E-state index in [1.54, 1.807) is 11.3 Å². The molecule has 1 unspecified atom stereocenters. The van der Waals surface area contributed by atoms with E-state index < -0.39 is 0 Å². The van der Waals surface area contributed by atoms with Crippen LogP contribution in [-0.4, -0.2) is 59.7 Å². The lowest BCUT2D eigenvalue weighted by molar-refractivity contribution is -0.143. The van der Waals surface area contributed by atoms with Crippen LogP contribution in [0.3, 0.4) is 0 Å². The van der Waals surface area contributed by atoms with E-state index in [0.717, 1.165) is 40.0 Å². The zero-order chi connectivity index (χ0) is 19.6. The second kappa shape index (κ2) is 8.08. The minimum absolute atomic E-state index is 0.0364. The Bertz CT molecular complexity index is 913. The number of hydrogen-bond acceptors (Lipinski definition) is 6. The van der Waals surface area contributed by atoms with Crippen molar-refractivity contribution in [3.05, 3.63) is 41.1 Å². The monoisotopic (exact) mass is 408 g/mol. The molecule has 0 saturated carbocycles. The number of amides is 1. The topological polar surface area (TPSA) is 58.6 Å². The molecule has 5 rings (SSSR count). The van der Waals surface area contributed by atoms with Gasteiger partial charge in [-0.3, -0.25) is 4.79 Å². The average Bonchev–Trinajstić information content (AvgIpc) is 3.08. The second-order valence-electron chi connectivity index (χ2n) is 7.57. The van der Waals surface area contributed by atoms with Crippen molar-refractivity contribution in [1.29, 1.82) is 0 Å². The van der Waals surface area contributed by atoms with Crippen LogP contribution >= 0.6 is 11.3 Å². The Morgan fingerprint density at radius 3 is 2.72 bits per heavy atom. The fraction of sp³-hybridized carbons (Fsp3) is 0.409. The summed E-state index contributed by atoms with van der Waals surface area (Å²) >= 11 is 1.66. The van der Waals surface area contributed by atoms with Gasteiger partial charge in [-0.25, -0.2) is 9.97 Å². The van der Waals surface area contributed by atoms with E-state index in [4.69, 9.17) is 9.72 Å². The molecule has 7 heteroatoms. The first-order valence-electron chi connectivity index (χ1n) is 10.2. The van der Waals surface area contributed by atoms with E-state index in [-0.39, 0.29) is 18.6 Å². The lowest BCUT2D eigenvalue weighted by atomic mass is 10.1. The van der Waals surface area contributed by atoms with E-state index in [2.05, 4.69) is 34.2 Å². The molecule has 29 heavy (non-hydrogen) atoms. The van der Waals surface area contributed by atoms with Gasteiger partial charge in [0, 0.05) is 31.4 Å². The van der Waals surface area contributed by atoms with Crippen molar-refractivity contribution in [3.8, 4) is 10.6 Å². The molecule has 1 aliphatic carbocycles. The van der Waals surface area contributed by atoms with Crippen molar-refractivity contribution >= 4 is 35.2 Å². The fourth-order valence-electron chi connectivity index (χ4n) is 4.02. The van der Waals surface area contributed by atoms with Crippen LogP contribution in [0.25, 0.3) is 22.7 Å². The predicted octanol–water partition coefficient (Wildman–Crippen LogP) is 3.46. The van der Waals surface area contributed by atoms with Crippen molar-refractivity contribution in [2.75, 3.05) is 37.7 Å². The van der Waals surface area contributed by atoms with Crippen LogP contribution < -0.4 is 4.90 Å². The molecule has 3 aliphatic rings. The lowest BCUT2D eigenvalue weighted by Gasteiger charge is -2.31. The summed E-state index contributed by atoms with van der Waals surface area (Å²) in [5, 5.41) is 0.975. The molecule has 150 valence electrons. The van der Waals surface area contributed by atoms with E-state index >= 15 is 0 Å². The van der Waals surface area contributed by atoms with Gasteiger partial charge in [-0.2, -0.15) is 0 Å². The van der Waals surface area contributed by atoms with Crippen LogP contribution in [0.4, 0.5) is 5.82 Å². The highest BCUT2D eigenvalue weighted by Crippen LogP contribution is 2.32. The van der Waals surface area contributed by atoms with Crippen molar-refractivity contribution in [3.63, 3.8) is 0 Å². The summed E-state index contributed by atoms with van der Waals surface area (Å²) in [7, 11) is 0. The van der Waals surface area contributed by atoms with Crippen LogP contribution in [0, 0.1) is 0 Å². The normalized spacial score (nSPS) is 21.9. The molecular weight excluding hydrogens is 384 g/mol. The highest BCUT2D eigenvalue weighted by atomic mass is 32.1. The SMILES string of the molecule is O=C1COCCN1C1C=Cc2nc(-c3ccc(N4CCCCC4)nc3)sc2C=C1. The molecule has 1 amide bonds. The molecule has 6 nitrogen and oxygen atoms in total. The summed E-state index contributed by atoms with van der Waals surface area (Å²) in [6.45, 7) is 3.58. The standard InChI is InChI=1S/C22H24N4O2S/c27-21-15-28-13-12-26(21)17-5-7-18-19(8-6-17)29-22(24-18)16-4-9-20(23-14-16)25-10-2-1-3-11-25/h4-9,14,17H,1-3,10-13,15H2. The third-order valence-electron chi connectivity index (χ3n) is 5.63. The third-order valence-corrected chi connectivity index (χ3v) is 6.72. The lowest BCUT2D eigenvalue weighted by Crippen LogP contribution is -2.46. The molecule has 4 heterocycles. The maximum atomic E-state index is 12.1. The maximum Gasteiger partial charge on any atom is 0.249 e. The number of morpholine rings is 1. The zero-order valence-corrected chi connectivity index (χ0v) is 17.1. The van der Waals surface area contributed by atoms with E-state index in [1.165, 1.54) is 19.3 Å². The predicted molar refractivity (Wildman–Crippen MR) is 116 cm³/mol. The molecule has 2 aromatic rings. The summed E-state index contributed by atoms with van der Waals surface area (Å²) in [5.41, 5.74) is 2.00. The number of ether oxygens (including phenoxy) is 1. The number of hydrogen-bond donors (Lipinski definition) is 0. The number of piperidine rings is 1. The first-order valence-corrected chi connectivity index (χ1v) is 11.1. The van der Waals surface area contributed by atoms with Crippen molar-refractivity contribution in [2.24, 2.45) is 0 Å². The Labute approximate surface area is 174 Å². The smallest absolute Gasteiger partial charge is 0.249 e. The molecule has 2 saturated heterocycles. The van der Waals surface area contributed by atoms with E-state index in [9.17, 15) is 4.79 Å². The van der Waals surface area contributed by atoms with Crippen molar-refractivity contribution < 1.29 is 9.53 Å². The molecule has 0 N–H and O–H groups in total. The van der Waals surface area contributed by atoms with Gasteiger partial charge >= 0.3 is 0 Å². The summed E-state index contributed by atoms with van der Waals surface area (Å²) in [5.74, 6) is 1.10. The van der Waals surface area contributed by atoms with E-state index in [0.29, 0.717) is 13.2 Å². The first-order chi connectivity index (χ1) is 14.3. The van der Waals surface area contributed by atoms with Crippen LogP contribution in [0.15, 0.2) is 30.5 Å². The van der Waals surface area contributed by atoms with Gasteiger partial charge in [0.2, 0.25) is 5.91 Å². The fourth-order valence-corrected chi connectivity index (χ4v) is 4.98. The Balaban J connectivity index is 1.33. The molecule has 2 aliphatic heterocycles. The summed E-state index contributed by atoms with van der Waals surface area (Å²) < 4.78 is 5.23. The number of thiazole rings is 1. The summed E-state index contributed by atoms with van der Waals surface area (Å²) in [6.07, 6.45) is 14.0. The highest BCUT2D eigenvalue weighted by molar-refractivity contribution is 7.16. The number of aromatic nitrogens is 2. The second-order valence-corrected chi connectivity index (χ2v) is 8.60. The largest absolute Gasteiger partial charge is 0.370 e. The molecule has 0 bridgehead atoms. The number of nitrogens with zero attached hydrogens (tertiary/aromatic N) is 4. The molecule has 1 atom stereocenters. The van der Waals surface area contributed by atoms with E-state index in [1.807, 2.05) is 23.2 Å². The number of pyridine rings is 1. The molecule has 0 radical (unpaired) electrons. The van der Waals surface area contributed by atoms with Gasteiger partial charge in [-0.05, 0) is 43.5 Å². The number of anilines is 1. The highest BCUT2D eigenvalue weighted by Gasteiger charge is 2.24.